The zero-order valence-electron chi connectivity index (χ0n) is 40.2. The van der Waals surface area contributed by atoms with E-state index in [1.54, 1.807) is 7.05 Å². The Morgan fingerprint density at radius 2 is 1.33 bits per heavy atom. The Labute approximate surface area is 372 Å². The van der Waals surface area contributed by atoms with Gasteiger partial charge in [-0.05, 0) is 130 Å². The van der Waals surface area contributed by atoms with E-state index in [0.29, 0.717) is 13.2 Å². The second-order valence-corrected chi connectivity index (χ2v) is 13.3. The fourth-order valence-corrected chi connectivity index (χ4v) is 5.14. The highest BCUT2D eigenvalue weighted by molar-refractivity contribution is 5.85. The first-order valence-corrected chi connectivity index (χ1v) is 21.3. The summed E-state index contributed by atoms with van der Waals surface area (Å²) in [6, 6.07) is 24.8. The van der Waals surface area contributed by atoms with Crippen molar-refractivity contribution in [1.82, 2.24) is 5.32 Å². The first kappa shape index (κ1) is 59.7. The van der Waals surface area contributed by atoms with Crippen LogP contribution in [0.4, 0.5) is 0 Å². The molecule has 5 N–H and O–H groups in total. The number of fused-ring (bicyclic) bond motifs is 2. The summed E-state index contributed by atoms with van der Waals surface area (Å²) in [6.45, 7) is 32.0. The van der Waals surface area contributed by atoms with Gasteiger partial charge < -0.3 is 25.6 Å². The summed E-state index contributed by atoms with van der Waals surface area (Å²) in [5, 5.41) is 6.22. The first-order valence-electron chi connectivity index (χ1n) is 21.3. The lowest BCUT2D eigenvalue weighted by Gasteiger charge is -2.05. The van der Waals surface area contributed by atoms with E-state index in [9.17, 15) is 0 Å². The largest absolute Gasteiger partial charge is 0.456 e. The van der Waals surface area contributed by atoms with Gasteiger partial charge in [-0.3, -0.25) is 0 Å². The van der Waals surface area contributed by atoms with Crippen molar-refractivity contribution in [3.8, 4) is 12.8 Å². The second-order valence-electron chi connectivity index (χ2n) is 13.3. The van der Waals surface area contributed by atoms with Gasteiger partial charge in [0.25, 0.3) is 0 Å². The van der Waals surface area contributed by atoms with Gasteiger partial charge in [-0.2, -0.15) is 0 Å². The minimum Gasteiger partial charge on any atom is -0.456 e. The Kier molecular flexibility index (Phi) is 38.9. The molecule has 3 aromatic carbocycles. The fourth-order valence-electron chi connectivity index (χ4n) is 5.14. The van der Waals surface area contributed by atoms with Crippen molar-refractivity contribution in [2.45, 2.75) is 109 Å². The summed E-state index contributed by atoms with van der Waals surface area (Å²) in [6.07, 6.45) is 30.1. The number of nitrogens with two attached hydrogens (primary N) is 2. The molecule has 0 saturated heterocycles. The van der Waals surface area contributed by atoms with Crippen LogP contribution >= 0.6 is 0 Å². The van der Waals surface area contributed by atoms with Gasteiger partial charge in [0.15, 0.2) is 0 Å². The maximum atomic E-state index is 6.20. The molecule has 5 nitrogen and oxygen atoms in total. The lowest BCUT2D eigenvalue weighted by Crippen LogP contribution is -2.19. The third-order valence-electron chi connectivity index (χ3n) is 8.19. The third kappa shape index (κ3) is 25.6. The highest BCUT2D eigenvalue weighted by Crippen LogP contribution is 2.28. The number of allylic oxidation sites excluding steroid dienone is 9. The van der Waals surface area contributed by atoms with Crippen LogP contribution in [0.1, 0.15) is 111 Å². The number of benzene rings is 3. The highest BCUT2D eigenvalue weighted by atomic mass is 16.3. The summed E-state index contributed by atoms with van der Waals surface area (Å²) >= 11 is 0. The van der Waals surface area contributed by atoms with E-state index < -0.39 is 0 Å². The van der Waals surface area contributed by atoms with Crippen molar-refractivity contribution in [3.63, 3.8) is 0 Å². The quantitative estimate of drug-likeness (QED) is 0.0596. The topological polar surface area (TPSA) is 90.3 Å². The monoisotopic (exact) mass is 828 g/mol. The summed E-state index contributed by atoms with van der Waals surface area (Å²) in [5.41, 5.74) is 20.5. The molecule has 5 aromatic rings. The molecule has 0 bridgehead atoms. The summed E-state index contributed by atoms with van der Waals surface area (Å²) in [4.78, 5) is 0. The van der Waals surface area contributed by atoms with E-state index in [0.717, 1.165) is 47.0 Å². The molecular formula is C56H81N3O2. The Bertz CT molecular complexity index is 2140. The van der Waals surface area contributed by atoms with Crippen LogP contribution in [0.2, 0.25) is 0 Å². The second kappa shape index (κ2) is 39.8. The van der Waals surface area contributed by atoms with Crippen LogP contribution < -0.4 is 27.4 Å². The highest BCUT2D eigenvalue weighted by Gasteiger charge is 2.10. The standard InChI is InChI=1S/C31H32O2.C7H9N.2C5H10.C2H8N2.C2H6.C2H4.C2H2/c1-6-8-9-13-26-27-16-15-23(19-31(27)32-28(26)7-2)18-24(17-21(3)4)20-30-22(5)25-12-10-11-14-29(25)33-30;8-6-7-4-2-1-3-5-7;1-4-5(2)3;1-3-5-4-2;1-4-2-3;3*1-2/h6-8,10-17,19-20H,9,18H2,1-5H3;1-5H,6,8H2;4H,1-3H3;3,5H,4H2,1-2H3;4H,2-3H2,1H3;1-2H3;1-2H2;1-2H/b8-6+,24-20+,26-13-,28-7+;;;5-3-;;;;. The van der Waals surface area contributed by atoms with Gasteiger partial charge in [0, 0.05) is 34.8 Å². The predicted octanol–water partition coefficient (Wildman–Crippen LogP) is 13.9. The molecule has 332 valence electrons. The van der Waals surface area contributed by atoms with E-state index in [4.69, 9.17) is 20.3 Å². The minimum atomic E-state index is 0.569. The average molecular weight is 828 g/mol. The SMILES string of the molecule is C#C.C/C=C/C/C=c1\c(=C/C)oc2cc(C/C(C=C(C)C)=C/c3oc4ccccc4c3C)ccc12.C/C=C\CC.C=C.CC.CC=C(C)C.CNCN.NCc1ccccc1. The molecule has 0 fully saturated rings. The molecule has 0 amide bonds. The third-order valence-corrected chi connectivity index (χ3v) is 8.19. The van der Waals surface area contributed by atoms with Crippen molar-refractivity contribution in [1.29, 1.82) is 0 Å². The summed E-state index contributed by atoms with van der Waals surface area (Å²) < 4.78 is 12.4. The lowest BCUT2D eigenvalue weighted by molar-refractivity contribution is 0.574. The number of hydrogen-bond acceptors (Lipinski definition) is 5. The van der Waals surface area contributed by atoms with Gasteiger partial charge in [0.2, 0.25) is 0 Å². The van der Waals surface area contributed by atoms with Crippen molar-refractivity contribution < 1.29 is 8.83 Å². The molecule has 0 radical (unpaired) electrons. The van der Waals surface area contributed by atoms with E-state index in [1.165, 1.54) is 44.0 Å². The molecule has 0 aliphatic carbocycles. The van der Waals surface area contributed by atoms with Gasteiger partial charge in [0.05, 0.1) is 0 Å². The maximum absolute atomic E-state index is 6.20. The molecule has 0 atom stereocenters. The zero-order valence-corrected chi connectivity index (χ0v) is 40.2. The lowest BCUT2D eigenvalue weighted by atomic mass is 10.0. The van der Waals surface area contributed by atoms with Crippen molar-refractivity contribution >= 4 is 40.2 Å². The van der Waals surface area contributed by atoms with Gasteiger partial charge in [-0.25, -0.2) is 0 Å². The van der Waals surface area contributed by atoms with Crippen LogP contribution in [0.5, 0.6) is 0 Å². The minimum absolute atomic E-state index is 0.569. The van der Waals surface area contributed by atoms with Crippen LogP contribution in [0.3, 0.4) is 0 Å². The normalized spacial score (nSPS) is 10.7. The number of nitrogens with one attached hydrogen (secondary N) is 1. The van der Waals surface area contributed by atoms with E-state index in [2.05, 4.69) is 152 Å². The fraction of sp³-hybridized carbons (Fsp3) is 0.321. The molecule has 0 aliphatic rings. The van der Waals surface area contributed by atoms with Crippen LogP contribution in [0.15, 0.2) is 148 Å². The smallest absolute Gasteiger partial charge is 0.135 e. The zero-order chi connectivity index (χ0) is 47.0. The number of para-hydroxylation sites is 1. The van der Waals surface area contributed by atoms with Gasteiger partial charge in [-0.15, -0.1) is 26.0 Å². The van der Waals surface area contributed by atoms with Gasteiger partial charge in [0.1, 0.15) is 22.3 Å². The number of aryl methyl sites for hydroxylation is 1. The first-order chi connectivity index (χ1) is 29.5. The van der Waals surface area contributed by atoms with E-state index in [-0.39, 0.29) is 0 Å². The molecule has 5 rings (SSSR count). The molecule has 0 saturated carbocycles. The number of rotatable bonds is 9. The van der Waals surface area contributed by atoms with Crippen LogP contribution in [-0.4, -0.2) is 13.7 Å². The Hall–Kier alpha value is -5.64. The van der Waals surface area contributed by atoms with E-state index in [1.807, 2.05) is 90.1 Å². The Morgan fingerprint density at radius 1 is 0.754 bits per heavy atom. The number of furan rings is 2. The van der Waals surface area contributed by atoms with Crippen LogP contribution in [0.25, 0.3) is 40.2 Å². The van der Waals surface area contributed by atoms with Crippen LogP contribution in [0, 0.1) is 19.8 Å². The molecule has 0 unspecified atom stereocenters. The number of terminal acetylenes is 1. The number of hydrogen-bond donors (Lipinski definition) is 3. The molecule has 2 aromatic heterocycles. The average Bonchev–Trinajstić information content (AvgIpc) is 3.81. The molecule has 2 heterocycles. The van der Waals surface area contributed by atoms with E-state index >= 15 is 0 Å². The van der Waals surface area contributed by atoms with Crippen molar-refractivity contribution in [2.75, 3.05) is 13.7 Å². The molecule has 5 heteroatoms. The van der Waals surface area contributed by atoms with Crippen molar-refractivity contribution in [2.24, 2.45) is 11.5 Å². The molecule has 0 spiro atoms. The molecule has 61 heavy (non-hydrogen) atoms. The van der Waals surface area contributed by atoms with Gasteiger partial charge >= 0.3 is 0 Å². The Morgan fingerprint density at radius 3 is 1.77 bits per heavy atom. The van der Waals surface area contributed by atoms with Crippen LogP contribution in [-0.2, 0) is 13.0 Å². The summed E-state index contributed by atoms with van der Waals surface area (Å²) in [7, 11) is 1.81. The molecular weight excluding hydrogens is 747 g/mol. The predicted molar refractivity (Wildman–Crippen MR) is 277 cm³/mol. The Balaban J connectivity index is -0.000000976. The van der Waals surface area contributed by atoms with Gasteiger partial charge in [-0.1, -0.05) is 135 Å². The summed E-state index contributed by atoms with van der Waals surface area (Å²) in [5.74, 6) is 0.923. The molecule has 0 aliphatic heterocycles. The van der Waals surface area contributed by atoms with Crippen molar-refractivity contribution in [3.05, 3.63) is 172 Å². The maximum Gasteiger partial charge on any atom is 0.135 e.